The highest BCUT2D eigenvalue weighted by Crippen LogP contribution is 2.24. The van der Waals surface area contributed by atoms with Crippen LogP contribution in [-0.2, 0) is 10.0 Å². The van der Waals surface area contributed by atoms with Crippen LogP contribution < -0.4 is 9.73 Å². The zero-order valence-corrected chi connectivity index (χ0v) is 19.8. The second-order valence-electron chi connectivity index (χ2n) is 6.83. The van der Waals surface area contributed by atoms with E-state index >= 15 is 0 Å². The highest BCUT2D eigenvalue weighted by atomic mass is 79.9. The van der Waals surface area contributed by atoms with Crippen molar-refractivity contribution in [3.63, 3.8) is 0 Å². The quantitative estimate of drug-likeness (QED) is 0.263. The smallest absolute Gasteiger partial charge is 0.267 e. The number of halogens is 1. The first kappa shape index (κ1) is 23.4. The fraction of sp³-hybridized carbons (Fsp3) is 0.0833. The van der Waals surface area contributed by atoms with Crippen molar-refractivity contribution in [2.45, 2.75) is 11.8 Å². The van der Waals surface area contributed by atoms with Gasteiger partial charge in [-0.25, -0.2) is 13.8 Å². The van der Waals surface area contributed by atoms with Gasteiger partial charge >= 0.3 is 0 Å². The number of hydrogen-bond acceptors (Lipinski definition) is 4. The van der Waals surface area contributed by atoms with Crippen molar-refractivity contribution in [3.05, 3.63) is 107 Å². The molecule has 164 valence electrons. The van der Waals surface area contributed by atoms with Gasteiger partial charge in [-0.2, -0.15) is 5.10 Å². The van der Waals surface area contributed by atoms with Gasteiger partial charge < -0.3 is 0 Å². The summed E-state index contributed by atoms with van der Waals surface area (Å²) < 4.78 is 28.3. The highest BCUT2D eigenvalue weighted by molar-refractivity contribution is 9.10. The minimum atomic E-state index is -3.77. The predicted molar refractivity (Wildman–Crippen MR) is 131 cm³/mol. The Hall–Kier alpha value is -3.23. The molecule has 0 aromatic heterocycles. The summed E-state index contributed by atoms with van der Waals surface area (Å²) in [7, 11) is -3.77. The van der Waals surface area contributed by atoms with Gasteiger partial charge in [0.15, 0.2) is 0 Å². The van der Waals surface area contributed by atoms with Crippen molar-refractivity contribution in [2.75, 3.05) is 10.8 Å². The molecule has 32 heavy (non-hydrogen) atoms. The third kappa shape index (κ3) is 5.52. The second-order valence-corrected chi connectivity index (χ2v) is 9.61. The van der Waals surface area contributed by atoms with Crippen LogP contribution in [-0.4, -0.2) is 26.6 Å². The van der Waals surface area contributed by atoms with Crippen molar-refractivity contribution >= 4 is 43.3 Å². The number of nitrogens with one attached hydrogen (secondary N) is 1. The fourth-order valence-electron chi connectivity index (χ4n) is 2.91. The molecular weight excluding hydrogens is 490 g/mol. The number of hydrogen-bond donors (Lipinski definition) is 1. The van der Waals surface area contributed by atoms with E-state index < -0.39 is 15.9 Å². The van der Waals surface area contributed by atoms with Crippen molar-refractivity contribution in [1.82, 2.24) is 5.43 Å². The summed E-state index contributed by atoms with van der Waals surface area (Å²) in [4.78, 5) is 12.7. The van der Waals surface area contributed by atoms with Crippen LogP contribution in [0.5, 0.6) is 0 Å². The van der Waals surface area contributed by atoms with Crippen LogP contribution in [0.25, 0.3) is 0 Å². The zero-order valence-electron chi connectivity index (χ0n) is 17.4. The topological polar surface area (TPSA) is 78.8 Å². The number of carbonyl (C=O) groups is 1. The minimum absolute atomic E-state index is 0.0967. The first-order chi connectivity index (χ1) is 15.3. The first-order valence-corrected chi connectivity index (χ1v) is 12.0. The van der Waals surface area contributed by atoms with Crippen molar-refractivity contribution < 1.29 is 13.2 Å². The van der Waals surface area contributed by atoms with Crippen LogP contribution in [0.3, 0.4) is 0 Å². The molecule has 1 N–H and O–H groups in total. The molecule has 3 aromatic rings. The number of rotatable bonds is 8. The normalized spacial score (nSPS) is 11.6. The molecule has 3 aromatic carbocycles. The minimum Gasteiger partial charge on any atom is -0.267 e. The van der Waals surface area contributed by atoms with Crippen LogP contribution in [0.1, 0.15) is 22.8 Å². The average Bonchev–Trinajstić information content (AvgIpc) is 2.82. The number of benzene rings is 3. The molecule has 0 spiro atoms. The van der Waals surface area contributed by atoms with E-state index in [-0.39, 0.29) is 11.4 Å². The molecule has 0 aliphatic heterocycles. The zero-order chi connectivity index (χ0) is 23.1. The summed E-state index contributed by atoms with van der Waals surface area (Å²) in [6, 6.07) is 22.1. The lowest BCUT2D eigenvalue weighted by atomic mass is 10.1. The maximum atomic E-state index is 13.1. The maximum Gasteiger partial charge on any atom is 0.271 e. The monoisotopic (exact) mass is 511 g/mol. The van der Waals surface area contributed by atoms with E-state index in [2.05, 4.69) is 33.0 Å². The summed E-state index contributed by atoms with van der Waals surface area (Å²) in [5.74, 6) is -0.394. The molecule has 0 saturated heterocycles. The second kappa shape index (κ2) is 10.4. The fourth-order valence-corrected chi connectivity index (χ4v) is 4.63. The van der Waals surface area contributed by atoms with Crippen LogP contribution in [0.15, 0.2) is 106 Å². The van der Waals surface area contributed by atoms with Gasteiger partial charge in [-0.1, -0.05) is 52.3 Å². The summed E-state index contributed by atoms with van der Waals surface area (Å²) in [5, 5.41) is 4.15. The lowest BCUT2D eigenvalue weighted by molar-refractivity contribution is 0.0955. The highest BCUT2D eigenvalue weighted by Gasteiger charge is 2.23. The molecule has 0 aliphatic rings. The largest absolute Gasteiger partial charge is 0.271 e. The van der Waals surface area contributed by atoms with Crippen LogP contribution in [0, 0.1) is 0 Å². The Morgan fingerprint density at radius 2 is 1.59 bits per heavy atom. The first-order valence-electron chi connectivity index (χ1n) is 9.72. The number of nitrogens with zero attached hydrogens (tertiary/aromatic N) is 2. The van der Waals surface area contributed by atoms with E-state index in [9.17, 15) is 13.2 Å². The van der Waals surface area contributed by atoms with Gasteiger partial charge in [-0.05, 0) is 61.0 Å². The molecule has 3 rings (SSSR count). The van der Waals surface area contributed by atoms with Crippen LogP contribution >= 0.6 is 15.9 Å². The SMILES string of the molecule is C=CCN(c1ccc(C(=O)N/N=C(/C)c2ccc(Br)cc2)cc1)S(=O)(=O)c1ccccc1. The van der Waals surface area contributed by atoms with Crippen LogP contribution in [0.2, 0.25) is 0 Å². The number of amides is 1. The van der Waals surface area contributed by atoms with Gasteiger partial charge in [0, 0.05) is 10.0 Å². The van der Waals surface area contributed by atoms with E-state index in [0.29, 0.717) is 17.0 Å². The number of sulfonamides is 1. The van der Waals surface area contributed by atoms with Crippen molar-refractivity contribution in [2.24, 2.45) is 5.10 Å². The molecule has 0 aliphatic carbocycles. The van der Waals surface area contributed by atoms with Crippen molar-refractivity contribution in [3.8, 4) is 0 Å². The van der Waals surface area contributed by atoms with Gasteiger partial charge in [-0.15, -0.1) is 6.58 Å². The number of carbonyl (C=O) groups excluding carboxylic acids is 1. The molecule has 0 atom stereocenters. The Bertz CT molecular complexity index is 1220. The van der Waals surface area contributed by atoms with Gasteiger partial charge in [0.05, 0.1) is 22.8 Å². The molecule has 0 radical (unpaired) electrons. The number of anilines is 1. The Balaban J connectivity index is 1.78. The Labute approximate surface area is 196 Å². The summed E-state index contributed by atoms with van der Waals surface area (Å²) in [6.07, 6.45) is 1.51. The predicted octanol–water partition coefficient (Wildman–Crippen LogP) is 4.98. The standard InChI is InChI=1S/C24H22BrN3O3S/c1-3-17-28(32(30,31)23-7-5-4-6-8-23)22-15-11-20(12-16-22)24(29)27-26-18(2)19-9-13-21(25)14-10-19/h3-16H,1,17H2,2H3,(H,27,29)/b26-18-. The van der Waals surface area contributed by atoms with E-state index in [1.165, 1.54) is 10.4 Å². The van der Waals surface area contributed by atoms with Gasteiger partial charge in [0.2, 0.25) is 0 Å². The van der Waals surface area contributed by atoms with E-state index in [1.54, 1.807) is 61.5 Å². The molecule has 0 fully saturated rings. The molecule has 0 heterocycles. The average molecular weight is 512 g/mol. The maximum absolute atomic E-state index is 13.1. The van der Waals surface area contributed by atoms with Crippen molar-refractivity contribution in [1.29, 1.82) is 0 Å². The molecule has 8 heteroatoms. The van der Waals surface area contributed by atoms with E-state index in [1.807, 2.05) is 24.3 Å². The van der Waals surface area contributed by atoms with E-state index in [0.717, 1.165) is 10.0 Å². The van der Waals surface area contributed by atoms with E-state index in [4.69, 9.17) is 0 Å². The van der Waals surface area contributed by atoms with Crippen LogP contribution in [0.4, 0.5) is 5.69 Å². The summed E-state index contributed by atoms with van der Waals surface area (Å²) in [6.45, 7) is 5.56. The molecule has 0 saturated carbocycles. The van der Waals surface area contributed by atoms with Gasteiger partial charge in [-0.3, -0.25) is 9.10 Å². The van der Waals surface area contributed by atoms with Gasteiger partial charge in [0.25, 0.3) is 15.9 Å². The molecule has 0 bridgehead atoms. The molecule has 0 unspecified atom stereocenters. The third-order valence-corrected chi connectivity index (χ3v) is 6.97. The molecular formula is C24H22BrN3O3S. The summed E-state index contributed by atoms with van der Waals surface area (Å²) in [5.41, 5.74) is 4.86. The number of hydrazone groups is 1. The Morgan fingerprint density at radius 3 is 2.19 bits per heavy atom. The van der Waals surface area contributed by atoms with Gasteiger partial charge in [0.1, 0.15) is 0 Å². The third-order valence-electron chi connectivity index (χ3n) is 4.63. The molecule has 1 amide bonds. The molecule has 6 nitrogen and oxygen atoms in total. The lowest BCUT2D eigenvalue weighted by Crippen LogP contribution is -2.31. The summed E-state index contributed by atoms with van der Waals surface area (Å²) >= 11 is 3.38. The Kier molecular flexibility index (Phi) is 7.61. The Morgan fingerprint density at radius 1 is 1.00 bits per heavy atom. The lowest BCUT2D eigenvalue weighted by Gasteiger charge is -2.23.